The third-order valence-corrected chi connectivity index (χ3v) is 3.16. The third-order valence-electron chi connectivity index (χ3n) is 3.16. The molecular weight excluding hydrogens is 258 g/mol. The maximum atomic E-state index is 11.6. The zero-order valence-electron chi connectivity index (χ0n) is 11.3. The largest absolute Gasteiger partial charge is 0.493 e. The first-order valence-corrected chi connectivity index (χ1v) is 6.57. The fraction of sp³-hybridized carbons (Fsp3) is 0.333. The van der Waals surface area contributed by atoms with E-state index in [0.717, 1.165) is 23.3 Å². The number of hydrogen-bond donors (Lipinski definition) is 2. The van der Waals surface area contributed by atoms with Gasteiger partial charge in [-0.25, -0.2) is 4.79 Å². The number of rotatable bonds is 5. The first kappa shape index (κ1) is 14.1. The summed E-state index contributed by atoms with van der Waals surface area (Å²) in [6.45, 7) is 2.41. The van der Waals surface area contributed by atoms with Crippen LogP contribution in [0.25, 0.3) is 6.08 Å². The van der Waals surface area contributed by atoms with Crippen molar-refractivity contribution in [1.29, 1.82) is 0 Å². The van der Waals surface area contributed by atoms with Crippen molar-refractivity contribution in [3.8, 4) is 5.75 Å². The number of nitrogens with one attached hydrogen (secondary N) is 1. The van der Waals surface area contributed by atoms with E-state index in [1.54, 1.807) is 13.0 Å². The Kier molecular flexibility index (Phi) is 4.40. The van der Waals surface area contributed by atoms with Gasteiger partial charge in [-0.3, -0.25) is 4.79 Å². The van der Waals surface area contributed by atoms with Crippen LogP contribution in [-0.2, 0) is 16.0 Å². The quantitative estimate of drug-likeness (QED) is 0.801. The van der Waals surface area contributed by atoms with Crippen molar-refractivity contribution in [1.82, 2.24) is 5.32 Å². The molecule has 0 saturated carbocycles. The first-order valence-electron chi connectivity index (χ1n) is 6.57. The second kappa shape index (κ2) is 6.23. The van der Waals surface area contributed by atoms with E-state index in [4.69, 9.17) is 9.84 Å². The van der Waals surface area contributed by atoms with Crippen molar-refractivity contribution < 1.29 is 19.4 Å². The lowest BCUT2D eigenvalue weighted by molar-refractivity contribution is -0.141. The van der Waals surface area contributed by atoms with E-state index in [2.05, 4.69) is 5.32 Å². The van der Waals surface area contributed by atoms with Crippen LogP contribution >= 0.6 is 0 Å². The van der Waals surface area contributed by atoms with Gasteiger partial charge in [0, 0.05) is 12.5 Å². The average Bonchev–Trinajstić information content (AvgIpc) is 2.89. The van der Waals surface area contributed by atoms with E-state index in [9.17, 15) is 9.59 Å². The molecule has 20 heavy (non-hydrogen) atoms. The third kappa shape index (κ3) is 3.38. The number of carboxylic acids is 1. The van der Waals surface area contributed by atoms with Crippen LogP contribution in [0.2, 0.25) is 0 Å². The number of carbonyl (C=O) groups excluding carboxylic acids is 1. The van der Waals surface area contributed by atoms with Gasteiger partial charge in [0.25, 0.3) is 0 Å². The SMILES string of the molecule is CC[C@@H](NC(=O)C=Cc1ccc2c(c1)CCO2)C(=O)O. The fourth-order valence-electron chi connectivity index (χ4n) is 2.04. The summed E-state index contributed by atoms with van der Waals surface area (Å²) >= 11 is 0. The summed E-state index contributed by atoms with van der Waals surface area (Å²) in [7, 11) is 0. The summed E-state index contributed by atoms with van der Waals surface area (Å²) in [5, 5.41) is 11.3. The number of benzene rings is 1. The number of fused-ring (bicyclic) bond motifs is 1. The van der Waals surface area contributed by atoms with Gasteiger partial charge >= 0.3 is 5.97 Å². The highest BCUT2D eigenvalue weighted by atomic mass is 16.5. The molecule has 0 aromatic heterocycles. The van der Waals surface area contributed by atoms with Gasteiger partial charge in [-0.05, 0) is 35.8 Å². The highest BCUT2D eigenvalue weighted by Gasteiger charge is 2.16. The highest BCUT2D eigenvalue weighted by Crippen LogP contribution is 2.26. The minimum Gasteiger partial charge on any atom is -0.493 e. The van der Waals surface area contributed by atoms with Gasteiger partial charge in [-0.15, -0.1) is 0 Å². The van der Waals surface area contributed by atoms with Gasteiger partial charge in [0.1, 0.15) is 11.8 Å². The Morgan fingerprint density at radius 3 is 3.00 bits per heavy atom. The van der Waals surface area contributed by atoms with E-state index in [1.165, 1.54) is 6.08 Å². The average molecular weight is 275 g/mol. The standard InChI is InChI=1S/C15H17NO4/c1-2-12(15(18)19)16-14(17)6-4-10-3-5-13-11(9-10)7-8-20-13/h3-6,9,12H,2,7-8H2,1H3,(H,16,17)(H,18,19)/t12-/m1/s1. The summed E-state index contributed by atoms with van der Waals surface area (Å²) in [6, 6.07) is 4.87. The molecule has 0 radical (unpaired) electrons. The molecule has 5 nitrogen and oxygen atoms in total. The maximum absolute atomic E-state index is 11.6. The monoisotopic (exact) mass is 275 g/mol. The summed E-state index contributed by atoms with van der Waals surface area (Å²) in [5.74, 6) is -0.538. The molecule has 106 valence electrons. The topological polar surface area (TPSA) is 75.6 Å². The minimum absolute atomic E-state index is 0.352. The van der Waals surface area contributed by atoms with E-state index >= 15 is 0 Å². The molecule has 0 unspecified atom stereocenters. The van der Waals surface area contributed by atoms with Gasteiger partial charge in [0.2, 0.25) is 5.91 Å². The van der Waals surface area contributed by atoms with Crippen molar-refractivity contribution in [2.45, 2.75) is 25.8 Å². The van der Waals surface area contributed by atoms with Crippen LogP contribution in [-0.4, -0.2) is 29.6 Å². The predicted molar refractivity (Wildman–Crippen MR) is 74.5 cm³/mol. The first-order chi connectivity index (χ1) is 9.60. The molecule has 5 heteroatoms. The van der Waals surface area contributed by atoms with Gasteiger partial charge < -0.3 is 15.2 Å². The number of carboxylic acid groups (broad SMARTS) is 1. The van der Waals surface area contributed by atoms with Crippen molar-refractivity contribution in [2.24, 2.45) is 0 Å². The summed E-state index contributed by atoms with van der Waals surface area (Å²) in [4.78, 5) is 22.5. The second-order valence-corrected chi connectivity index (χ2v) is 4.61. The van der Waals surface area contributed by atoms with Crippen LogP contribution in [0.3, 0.4) is 0 Å². The number of hydrogen-bond acceptors (Lipinski definition) is 3. The van der Waals surface area contributed by atoms with Crippen LogP contribution in [0, 0.1) is 0 Å². The smallest absolute Gasteiger partial charge is 0.326 e. The molecule has 1 heterocycles. The van der Waals surface area contributed by atoms with Crippen LogP contribution in [0.1, 0.15) is 24.5 Å². The lowest BCUT2D eigenvalue weighted by Gasteiger charge is -2.09. The highest BCUT2D eigenvalue weighted by molar-refractivity contribution is 5.94. The summed E-state index contributed by atoms with van der Waals surface area (Å²) < 4.78 is 5.40. The van der Waals surface area contributed by atoms with E-state index in [0.29, 0.717) is 13.0 Å². The zero-order valence-corrected chi connectivity index (χ0v) is 11.3. The van der Waals surface area contributed by atoms with Crippen LogP contribution < -0.4 is 10.1 Å². The Bertz CT molecular complexity index is 551. The molecule has 1 amide bonds. The molecule has 2 rings (SSSR count). The predicted octanol–water partition coefficient (Wildman–Crippen LogP) is 1.61. The van der Waals surface area contributed by atoms with Gasteiger partial charge in [-0.1, -0.05) is 13.0 Å². The van der Waals surface area contributed by atoms with Crippen LogP contribution in [0.5, 0.6) is 5.75 Å². The molecule has 1 atom stereocenters. The van der Waals surface area contributed by atoms with Crippen molar-refractivity contribution in [3.63, 3.8) is 0 Å². The fourth-order valence-corrected chi connectivity index (χ4v) is 2.04. The molecule has 0 bridgehead atoms. The Labute approximate surface area is 117 Å². The minimum atomic E-state index is -1.02. The van der Waals surface area contributed by atoms with Crippen LogP contribution in [0.15, 0.2) is 24.3 Å². The number of ether oxygens (including phenoxy) is 1. The molecule has 0 saturated heterocycles. The Morgan fingerprint density at radius 2 is 2.30 bits per heavy atom. The molecule has 0 spiro atoms. The normalized spacial score (nSPS) is 14.7. The number of amides is 1. The molecule has 1 aromatic carbocycles. The molecule has 1 aliphatic rings. The molecule has 1 aliphatic heterocycles. The summed E-state index contributed by atoms with van der Waals surface area (Å²) in [5.41, 5.74) is 2.03. The van der Waals surface area contributed by atoms with Crippen molar-refractivity contribution in [2.75, 3.05) is 6.61 Å². The van der Waals surface area contributed by atoms with E-state index in [-0.39, 0.29) is 0 Å². The van der Waals surface area contributed by atoms with Gasteiger partial charge in [-0.2, -0.15) is 0 Å². The molecule has 0 fully saturated rings. The second-order valence-electron chi connectivity index (χ2n) is 4.61. The van der Waals surface area contributed by atoms with Crippen molar-refractivity contribution in [3.05, 3.63) is 35.4 Å². The van der Waals surface area contributed by atoms with Crippen molar-refractivity contribution >= 4 is 18.0 Å². The number of carbonyl (C=O) groups is 2. The Balaban J connectivity index is 1.98. The van der Waals surface area contributed by atoms with E-state index < -0.39 is 17.9 Å². The Morgan fingerprint density at radius 1 is 1.50 bits per heavy atom. The lowest BCUT2D eigenvalue weighted by Crippen LogP contribution is -2.39. The Hall–Kier alpha value is -2.30. The summed E-state index contributed by atoms with van der Waals surface area (Å²) in [6.07, 6.45) is 4.25. The molecule has 0 aliphatic carbocycles. The van der Waals surface area contributed by atoms with Crippen LogP contribution in [0.4, 0.5) is 0 Å². The maximum Gasteiger partial charge on any atom is 0.326 e. The lowest BCUT2D eigenvalue weighted by atomic mass is 10.1. The molecule has 1 aromatic rings. The van der Waals surface area contributed by atoms with Gasteiger partial charge in [0.05, 0.1) is 6.61 Å². The van der Waals surface area contributed by atoms with E-state index in [1.807, 2.05) is 18.2 Å². The molecule has 2 N–H and O–H groups in total. The molecular formula is C15H17NO4. The zero-order chi connectivity index (χ0) is 14.5. The number of aliphatic carboxylic acids is 1. The van der Waals surface area contributed by atoms with Gasteiger partial charge in [0.15, 0.2) is 0 Å².